The van der Waals surface area contributed by atoms with E-state index in [0.717, 1.165) is 30.9 Å². The van der Waals surface area contributed by atoms with Gasteiger partial charge in [0.25, 0.3) is 0 Å². The zero-order valence-corrected chi connectivity index (χ0v) is 9.13. The van der Waals surface area contributed by atoms with E-state index in [2.05, 4.69) is 4.90 Å². The van der Waals surface area contributed by atoms with E-state index in [1.165, 1.54) is 12.8 Å². The SMILES string of the molecule is O=C(O)C1CCCCCN1C1CSC1. The van der Waals surface area contributed by atoms with E-state index >= 15 is 0 Å². The predicted octanol–water partition coefficient (Wildman–Crippen LogP) is 1.43. The molecule has 2 aliphatic rings. The van der Waals surface area contributed by atoms with Crippen molar-refractivity contribution in [1.29, 1.82) is 0 Å². The molecule has 14 heavy (non-hydrogen) atoms. The van der Waals surface area contributed by atoms with Crippen molar-refractivity contribution in [2.45, 2.75) is 37.8 Å². The molecule has 0 bridgehead atoms. The van der Waals surface area contributed by atoms with Gasteiger partial charge in [-0.3, -0.25) is 9.69 Å². The second kappa shape index (κ2) is 4.53. The molecule has 3 nitrogen and oxygen atoms in total. The second-order valence-corrected chi connectivity index (χ2v) is 5.21. The minimum atomic E-state index is -0.621. The lowest BCUT2D eigenvalue weighted by molar-refractivity contribution is -0.144. The summed E-state index contributed by atoms with van der Waals surface area (Å²) in [6, 6.07) is 0.336. The van der Waals surface area contributed by atoms with Gasteiger partial charge >= 0.3 is 5.97 Å². The van der Waals surface area contributed by atoms with Gasteiger partial charge in [-0.15, -0.1) is 0 Å². The first kappa shape index (κ1) is 10.3. The van der Waals surface area contributed by atoms with Crippen molar-refractivity contribution in [2.24, 2.45) is 0 Å². The summed E-state index contributed by atoms with van der Waals surface area (Å²) in [6.45, 7) is 0.988. The van der Waals surface area contributed by atoms with Crippen molar-refractivity contribution in [1.82, 2.24) is 4.90 Å². The summed E-state index contributed by atoms with van der Waals surface area (Å²) in [7, 11) is 0. The Bertz CT molecular complexity index is 218. The van der Waals surface area contributed by atoms with Crippen LogP contribution in [0.1, 0.15) is 25.7 Å². The van der Waals surface area contributed by atoms with E-state index in [0.29, 0.717) is 6.04 Å². The Labute approximate surface area is 88.9 Å². The molecule has 0 spiro atoms. The number of carboxylic acid groups (broad SMARTS) is 1. The highest BCUT2D eigenvalue weighted by Gasteiger charge is 2.35. The number of hydrogen-bond acceptors (Lipinski definition) is 3. The lowest BCUT2D eigenvalue weighted by atomic mass is 10.1. The smallest absolute Gasteiger partial charge is 0.320 e. The molecule has 2 fully saturated rings. The Morgan fingerprint density at radius 2 is 2.07 bits per heavy atom. The van der Waals surface area contributed by atoms with Crippen LogP contribution in [-0.2, 0) is 4.79 Å². The Kier molecular flexibility index (Phi) is 3.34. The molecule has 1 N–H and O–H groups in total. The number of hydrogen-bond donors (Lipinski definition) is 1. The maximum absolute atomic E-state index is 11.1. The molecular weight excluding hydrogens is 198 g/mol. The van der Waals surface area contributed by atoms with Gasteiger partial charge in [-0.1, -0.05) is 12.8 Å². The first-order chi connectivity index (χ1) is 6.79. The van der Waals surface area contributed by atoms with Crippen LogP contribution < -0.4 is 0 Å². The van der Waals surface area contributed by atoms with E-state index < -0.39 is 5.97 Å². The molecule has 4 heteroatoms. The number of likely N-dealkylation sites (tertiary alicyclic amines) is 1. The maximum atomic E-state index is 11.1. The zero-order valence-electron chi connectivity index (χ0n) is 8.32. The second-order valence-electron chi connectivity index (χ2n) is 4.13. The monoisotopic (exact) mass is 215 g/mol. The highest BCUT2D eigenvalue weighted by molar-refractivity contribution is 8.00. The Balaban J connectivity index is 2.02. The summed E-state index contributed by atoms with van der Waals surface area (Å²) in [4.78, 5) is 13.3. The van der Waals surface area contributed by atoms with E-state index in [1.54, 1.807) is 0 Å². The molecule has 2 rings (SSSR count). The van der Waals surface area contributed by atoms with Crippen LogP contribution in [0.5, 0.6) is 0 Å². The van der Waals surface area contributed by atoms with Crippen molar-refractivity contribution in [3.05, 3.63) is 0 Å². The minimum Gasteiger partial charge on any atom is -0.480 e. The average Bonchev–Trinajstić information content (AvgIpc) is 2.26. The molecule has 2 saturated heterocycles. The van der Waals surface area contributed by atoms with Crippen LogP contribution in [0.15, 0.2) is 0 Å². The number of rotatable bonds is 2. The summed E-state index contributed by atoms with van der Waals surface area (Å²) >= 11 is 1.92. The quantitative estimate of drug-likeness (QED) is 0.756. The zero-order chi connectivity index (χ0) is 9.97. The Morgan fingerprint density at radius 3 is 2.64 bits per heavy atom. The Morgan fingerprint density at radius 1 is 1.29 bits per heavy atom. The number of aliphatic carboxylic acids is 1. The largest absolute Gasteiger partial charge is 0.480 e. The number of carbonyl (C=O) groups is 1. The number of nitrogens with zero attached hydrogens (tertiary/aromatic N) is 1. The first-order valence-electron chi connectivity index (χ1n) is 5.35. The van der Waals surface area contributed by atoms with Crippen molar-refractivity contribution in [2.75, 3.05) is 18.1 Å². The molecule has 1 atom stereocenters. The Hall–Kier alpha value is -0.220. The van der Waals surface area contributed by atoms with Gasteiger partial charge < -0.3 is 5.11 Å². The third-order valence-corrected chi connectivity index (χ3v) is 4.41. The molecule has 0 aromatic heterocycles. The van der Waals surface area contributed by atoms with E-state index in [4.69, 9.17) is 5.11 Å². The summed E-state index contributed by atoms with van der Waals surface area (Å²) in [5.41, 5.74) is 0. The highest BCUT2D eigenvalue weighted by atomic mass is 32.2. The van der Waals surface area contributed by atoms with Crippen LogP contribution in [0, 0.1) is 0 Å². The maximum Gasteiger partial charge on any atom is 0.320 e. The lowest BCUT2D eigenvalue weighted by Gasteiger charge is -2.39. The van der Waals surface area contributed by atoms with Gasteiger partial charge in [0.2, 0.25) is 0 Å². The van der Waals surface area contributed by atoms with Gasteiger partial charge in [0.15, 0.2) is 0 Å². The van der Waals surface area contributed by atoms with Crippen LogP contribution in [0.25, 0.3) is 0 Å². The third kappa shape index (κ3) is 2.06. The molecule has 80 valence electrons. The van der Waals surface area contributed by atoms with E-state index in [9.17, 15) is 4.79 Å². The van der Waals surface area contributed by atoms with Gasteiger partial charge in [0.05, 0.1) is 0 Å². The molecule has 2 aliphatic heterocycles. The van der Waals surface area contributed by atoms with Crippen molar-refractivity contribution < 1.29 is 9.90 Å². The van der Waals surface area contributed by atoms with Crippen LogP contribution in [0.2, 0.25) is 0 Å². The minimum absolute atomic E-state index is 0.205. The summed E-state index contributed by atoms with van der Waals surface area (Å²) in [5.74, 6) is 1.64. The van der Waals surface area contributed by atoms with Crippen LogP contribution in [0.4, 0.5) is 0 Å². The predicted molar refractivity (Wildman–Crippen MR) is 57.7 cm³/mol. The standard InChI is InChI=1S/C10H17NO2S/c12-10(13)9-4-2-1-3-5-11(9)8-6-14-7-8/h8-9H,1-7H2,(H,12,13). The average molecular weight is 215 g/mol. The fraction of sp³-hybridized carbons (Fsp3) is 0.900. The summed E-state index contributed by atoms with van der Waals surface area (Å²) < 4.78 is 0. The fourth-order valence-electron chi connectivity index (χ4n) is 2.25. The van der Waals surface area contributed by atoms with Crippen molar-refractivity contribution in [3.63, 3.8) is 0 Å². The van der Waals surface area contributed by atoms with Gasteiger partial charge in [-0.2, -0.15) is 11.8 Å². The fourth-order valence-corrected chi connectivity index (χ4v) is 3.08. The molecule has 0 amide bonds. The van der Waals surface area contributed by atoms with Gasteiger partial charge in [0.1, 0.15) is 6.04 Å². The van der Waals surface area contributed by atoms with Gasteiger partial charge in [0, 0.05) is 17.5 Å². The van der Waals surface area contributed by atoms with Gasteiger partial charge in [-0.25, -0.2) is 0 Å². The summed E-state index contributed by atoms with van der Waals surface area (Å²) in [5, 5.41) is 9.15. The summed E-state index contributed by atoms with van der Waals surface area (Å²) in [6.07, 6.45) is 4.29. The normalized spacial score (nSPS) is 30.7. The first-order valence-corrected chi connectivity index (χ1v) is 6.51. The van der Waals surface area contributed by atoms with Crippen LogP contribution in [0.3, 0.4) is 0 Å². The molecular formula is C10H17NO2S. The third-order valence-electron chi connectivity index (χ3n) is 3.17. The van der Waals surface area contributed by atoms with Crippen molar-refractivity contribution in [3.8, 4) is 0 Å². The van der Waals surface area contributed by atoms with Crippen LogP contribution in [-0.4, -0.2) is 46.1 Å². The van der Waals surface area contributed by atoms with Crippen molar-refractivity contribution >= 4 is 17.7 Å². The molecule has 0 aliphatic carbocycles. The number of thioether (sulfide) groups is 1. The van der Waals surface area contributed by atoms with E-state index in [1.807, 2.05) is 11.8 Å². The topological polar surface area (TPSA) is 40.5 Å². The molecule has 1 unspecified atom stereocenters. The molecule has 2 heterocycles. The molecule has 0 aromatic rings. The highest BCUT2D eigenvalue weighted by Crippen LogP contribution is 2.28. The lowest BCUT2D eigenvalue weighted by Crippen LogP contribution is -2.52. The molecule has 0 radical (unpaired) electrons. The number of carboxylic acids is 1. The van der Waals surface area contributed by atoms with E-state index in [-0.39, 0.29) is 6.04 Å². The van der Waals surface area contributed by atoms with Gasteiger partial charge in [-0.05, 0) is 19.4 Å². The molecule has 0 saturated carbocycles. The van der Waals surface area contributed by atoms with Crippen LogP contribution >= 0.6 is 11.8 Å². The molecule has 0 aromatic carbocycles.